The van der Waals surface area contributed by atoms with Crippen molar-refractivity contribution in [2.45, 2.75) is 45.4 Å². The van der Waals surface area contributed by atoms with E-state index in [1.165, 1.54) is 27.8 Å². The van der Waals surface area contributed by atoms with Gasteiger partial charge in [-0.1, -0.05) is 156 Å². The summed E-state index contributed by atoms with van der Waals surface area (Å²) >= 11 is 0. The molecule has 0 aromatic heterocycles. The zero-order chi connectivity index (χ0) is 34.8. The molecular weight excluding hydrogens is 579 g/mol. The Bertz CT molecular complexity index is 2390. The summed E-state index contributed by atoms with van der Waals surface area (Å²) in [5, 5.41) is 4.31. The fourth-order valence-corrected chi connectivity index (χ4v) is 7.76. The molecule has 234 valence electrons. The molecule has 1 aliphatic rings. The van der Waals surface area contributed by atoms with Crippen molar-refractivity contribution < 1.29 is 2.74 Å². The lowest BCUT2D eigenvalue weighted by Gasteiger charge is -2.28. The first kappa shape index (κ1) is 27.7. The Morgan fingerprint density at radius 1 is 0.521 bits per heavy atom. The van der Waals surface area contributed by atoms with Gasteiger partial charge >= 0.3 is 0 Å². The molecule has 0 saturated heterocycles. The molecule has 0 atom stereocenters. The van der Waals surface area contributed by atoms with E-state index in [0.717, 1.165) is 44.2 Å². The summed E-state index contributed by atoms with van der Waals surface area (Å²) in [7, 11) is 0. The largest absolute Gasteiger partial charge is 0.310 e. The molecule has 1 aliphatic carbocycles. The Labute approximate surface area is 287 Å². The second-order valence-corrected chi connectivity index (χ2v) is 14.5. The normalized spacial score (nSPS) is 14.6. The maximum Gasteiger partial charge on any atom is 0.0630 e. The average molecular weight is 622 g/mol. The Morgan fingerprint density at radius 3 is 1.69 bits per heavy atom. The van der Waals surface area contributed by atoms with Crippen molar-refractivity contribution in [2.24, 2.45) is 0 Å². The van der Waals surface area contributed by atoms with Gasteiger partial charge in [0.15, 0.2) is 0 Å². The van der Waals surface area contributed by atoms with Crippen molar-refractivity contribution >= 4 is 50.7 Å². The van der Waals surface area contributed by atoms with Crippen LogP contribution >= 0.6 is 0 Å². The highest BCUT2D eigenvalue weighted by Gasteiger charge is 2.35. The third kappa shape index (κ3) is 4.93. The molecule has 0 fully saturated rings. The van der Waals surface area contributed by atoms with Crippen LogP contribution in [-0.4, -0.2) is 0 Å². The van der Waals surface area contributed by atoms with E-state index in [1.54, 1.807) is 0 Å². The molecule has 0 aliphatic heterocycles. The van der Waals surface area contributed by atoms with Gasteiger partial charge in [0.1, 0.15) is 0 Å². The van der Waals surface area contributed by atoms with Crippen LogP contribution in [-0.2, 0) is 10.8 Å². The molecule has 48 heavy (non-hydrogen) atoms. The van der Waals surface area contributed by atoms with Gasteiger partial charge < -0.3 is 4.90 Å². The summed E-state index contributed by atoms with van der Waals surface area (Å²) in [6.07, 6.45) is 0. The lowest BCUT2D eigenvalue weighted by Crippen LogP contribution is -2.16. The maximum atomic E-state index is 9.50. The van der Waals surface area contributed by atoms with Gasteiger partial charge in [0.2, 0.25) is 0 Å². The number of hydrogen-bond acceptors (Lipinski definition) is 1. The van der Waals surface area contributed by atoms with E-state index in [4.69, 9.17) is 0 Å². The quantitative estimate of drug-likeness (QED) is 0.137. The molecule has 8 rings (SSSR count). The van der Waals surface area contributed by atoms with Crippen LogP contribution in [0.3, 0.4) is 0 Å². The predicted molar refractivity (Wildman–Crippen MR) is 208 cm³/mol. The summed E-state index contributed by atoms with van der Waals surface area (Å²) in [6, 6.07) is 51.3. The summed E-state index contributed by atoms with van der Waals surface area (Å²) < 4.78 is 18.9. The SMILES string of the molecule is [2H]/C(=C(/[2H])c1c2ccccc2c(C(C)(C)C)c2ccccc12)c1ccc(N(c2ccccc2)c2ccc3c(c2)C(C)(C)c2ccccc2-3)cc1. The first-order valence-corrected chi connectivity index (χ1v) is 16.9. The second-order valence-electron chi connectivity index (χ2n) is 14.5. The number of rotatable bonds is 5. The Hall–Kier alpha value is -5.40. The van der Waals surface area contributed by atoms with Crippen LogP contribution in [0.15, 0.2) is 146 Å². The van der Waals surface area contributed by atoms with Gasteiger partial charge in [-0.3, -0.25) is 0 Å². The highest BCUT2D eigenvalue weighted by atomic mass is 15.1. The van der Waals surface area contributed by atoms with Crippen molar-refractivity contribution in [2.75, 3.05) is 4.90 Å². The molecule has 0 unspecified atom stereocenters. The van der Waals surface area contributed by atoms with Crippen LogP contribution < -0.4 is 4.90 Å². The number of fused-ring (bicyclic) bond motifs is 5. The highest BCUT2D eigenvalue weighted by Crippen LogP contribution is 2.50. The van der Waals surface area contributed by atoms with E-state index in [0.29, 0.717) is 5.56 Å². The molecule has 0 bridgehead atoms. The summed E-state index contributed by atoms with van der Waals surface area (Å²) in [5.74, 6) is 0. The van der Waals surface area contributed by atoms with Gasteiger partial charge in [0, 0.05) is 22.5 Å². The van der Waals surface area contributed by atoms with E-state index in [2.05, 4.69) is 155 Å². The molecule has 0 saturated carbocycles. The Morgan fingerprint density at radius 2 is 1.04 bits per heavy atom. The standard InChI is InChI=1S/C47H41N/c1-46(2,3)45-41-20-11-9-17-36(41)38(37-18-10-12-21-42(37)45)29-25-32-23-26-34(27-24-32)48(33-15-7-6-8-16-33)35-28-30-40-39-19-13-14-22-43(39)47(4,5)44(40)31-35/h6-31H,1-5H3/b29-25+/i25D,29D. The summed E-state index contributed by atoms with van der Waals surface area (Å²) in [6.45, 7) is 11.4. The van der Waals surface area contributed by atoms with Crippen LogP contribution in [0.2, 0.25) is 0 Å². The van der Waals surface area contributed by atoms with E-state index in [1.807, 2.05) is 30.3 Å². The molecule has 0 N–H and O–H groups in total. The van der Waals surface area contributed by atoms with Gasteiger partial charge in [-0.25, -0.2) is 0 Å². The van der Waals surface area contributed by atoms with E-state index in [-0.39, 0.29) is 22.9 Å². The van der Waals surface area contributed by atoms with E-state index in [9.17, 15) is 2.74 Å². The average Bonchev–Trinajstić information content (AvgIpc) is 3.36. The van der Waals surface area contributed by atoms with Crippen LogP contribution in [0, 0.1) is 0 Å². The first-order valence-electron chi connectivity index (χ1n) is 17.9. The summed E-state index contributed by atoms with van der Waals surface area (Å²) in [5.41, 5.74) is 11.0. The maximum absolute atomic E-state index is 9.50. The first-order chi connectivity index (χ1) is 24.1. The zero-order valence-corrected chi connectivity index (χ0v) is 28.3. The lowest BCUT2D eigenvalue weighted by molar-refractivity contribution is 0.601. The smallest absolute Gasteiger partial charge is 0.0630 e. The molecule has 0 heterocycles. The third-order valence-electron chi connectivity index (χ3n) is 9.98. The zero-order valence-electron chi connectivity index (χ0n) is 30.3. The van der Waals surface area contributed by atoms with E-state index >= 15 is 0 Å². The van der Waals surface area contributed by atoms with Gasteiger partial charge in [0.05, 0.1) is 2.74 Å². The molecule has 0 spiro atoms. The topological polar surface area (TPSA) is 3.24 Å². The van der Waals surface area contributed by atoms with Gasteiger partial charge in [-0.05, 0) is 102 Å². The molecule has 7 aromatic rings. The number of hydrogen-bond donors (Lipinski definition) is 0. The van der Waals surface area contributed by atoms with Crippen molar-refractivity contribution in [1.82, 2.24) is 0 Å². The number of anilines is 3. The molecule has 0 radical (unpaired) electrons. The van der Waals surface area contributed by atoms with Crippen LogP contribution in [0.1, 0.15) is 65.2 Å². The van der Waals surface area contributed by atoms with Crippen molar-refractivity contribution in [3.05, 3.63) is 173 Å². The lowest BCUT2D eigenvalue weighted by atomic mass is 9.79. The summed E-state index contributed by atoms with van der Waals surface area (Å²) in [4.78, 5) is 2.28. The molecule has 7 aromatic carbocycles. The Balaban J connectivity index is 1.24. The van der Waals surface area contributed by atoms with Gasteiger partial charge in [-0.2, -0.15) is 0 Å². The van der Waals surface area contributed by atoms with Crippen LogP contribution in [0.25, 0.3) is 44.8 Å². The van der Waals surface area contributed by atoms with Gasteiger partial charge in [0.25, 0.3) is 0 Å². The number of benzene rings is 7. The molecule has 0 amide bonds. The van der Waals surface area contributed by atoms with E-state index < -0.39 is 0 Å². The predicted octanol–water partition coefficient (Wildman–Crippen LogP) is 13.2. The fraction of sp³-hybridized carbons (Fsp3) is 0.149. The van der Waals surface area contributed by atoms with Crippen LogP contribution in [0.5, 0.6) is 0 Å². The number of nitrogens with zero attached hydrogens (tertiary/aromatic N) is 1. The minimum Gasteiger partial charge on any atom is -0.310 e. The van der Waals surface area contributed by atoms with Crippen LogP contribution in [0.4, 0.5) is 17.1 Å². The third-order valence-corrected chi connectivity index (χ3v) is 9.98. The van der Waals surface area contributed by atoms with Crippen molar-refractivity contribution in [3.63, 3.8) is 0 Å². The van der Waals surface area contributed by atoms with Gasteiger partial charge in [-0.15, -0.1) is 0 Å². The molecular formula is C47H41N. The van der Waals surface area contributed by atoms with Crippen molar-refractivity contribution in [1.29, 1.82) is 0 Å². The molecule has 1 heteroatoms. The molecule has 1 nitrogen and oxygen atoms in total. The van der Waals surface area contributed by atoms with Crippen molar-refractivity contribution in [3.8, 4) is 11.1 Å². The highest BCUT2D eigenvalue weighted by molar-refractivity contribution is 6.11. The fourth-order valence-electron chi connectivity index (χ4n) is 7.76. The second kappa shape index (κ2) is 11.4. The minimum absolute atomic E-state index is 0.0908. The number of para-hydroxylation sites is 1. The minimum atomic E-state index is -0.108. The Kier molecular flexibility index (Phi) is 6.57. The monoisotopic (exact) mass is 621 g/mol.